The predicted molar refractivity (Wildman–Crippen MR) is 98.9 cm³/mol. The topological polar surface area (TPSA) is 68.4 Å². The zero-order valence-electron chi connectivity index (χ0n) is 14.9. The van der Waals surface area contributed by atoms with Crippen molar-refractivity contribution in [2.75, 3.05) is 11.4 Å². The first-order valence-corrected chi connectivity index (χ1v) is 8.64. The van der Waals surface area contributed by atoms with Crippen LogP contribution in [0.2, 0.25) is 0 Å². The summed E-state index contributed by atoms with van der Waals surface area (Å²) in [6.45, 7) is -0.108. The number of fused-ring (bicyclic) bond motifs is 1. The minimum absolute atomic E-state index is 0.0166. The van der Waals surface area contributed by atoms with E-state index in [-0.39, 0.29) is 18.0 Å². The highest BCUT2D eigenvalue weighted by Gasteiger charge is 2.30. The van der Waals surface area contributed by atoms with Gasteiger partial charge in [0.1, 0.15) is 5.75 Å². The standard InChI is InChI=1S/C21H15F3N2O3/c22-21(23,24)14-5-7-15(8-6-14)26-12-13(20(27)28)4-9-19(26)29-18-3-1-2-17-16(18)10-11-25-17/h1-11,25H,12H2,(H,27,28)/p-1. The van der Waals surface area contributed by atoms with Crippen LogP contribution >= 0.6 is 0 Å². The predicted octanol–water partition coefficient (Wildman–Crippen LogP) is 3.60. The average Bonchev–Trinajstić information content (AvgIpc) is 3.17. The number of nitrogens with one attached hydrogen (secondary N) is 1. The number of ether oxygens (including phenoxy) is 1. The van der Waals surface area contributed by atoms with Gasteiger partial charge in [0.2, 0.25) is 5.88 Å². The third kappa shape index (κ3) is 3.69. The Morgan fingerprint density at radius 3 is 2.52 bits per heavy atom. The summed E-state index contributed by atoms with van der Waals surface area (Å²) >= 11 is 0. The molecular weight excluding hydrogens is 385 g/mol. The van der Waals surface area contributed by atoms with Crippen molar-refractivity contribution in [2.45, 2.75) is 6.18 Å². The molecule has 1 aliphatic heterocycles. The number of aromatic nitrogens is 1. The molecule has 2 heterocycles. The summed E-state index contributed by atoms with van der Waals surface area (Å²) in [5.74, 6) is -0.550. The number of carboxylic acids is 1. The van der Waals surface area contributed by atoms with Gasteiger partial charge in [-0.3, -0.25) is 0 Å². The van der Waals surface area contributed by atoms with Crippen molar-refractivity contribution in [3.8, 4) is 5.75 Å². The molecule has 0 fully saturated rings. The Labute approximate surface area is 163 Å². The van der Waals surface area contributed by atoms with Gasteiger partial charge in [0.05, 0.1) is 18.1 Å². The molecule has 5 nitrogen and oxygen atoms in total. The first-order valence-electron chi connectivity index (χ1n) is 8.64. The molecule has 4 rings (SSSR count). The van der Waals surface area contributed by atoms with Gasteiger partial charge in [-0.15, -0.1) is 0 Å². The van der Waals surface area contributed by atoms with Crippen molar-refractivity contribution in [3.63, 3.8) is 0 Å². The molecule has 29 heavy (non-hydrogen) atoms. The van der Waals surface area contributed by atoms with Crippen molar-refractivity contribution >= 4 is 22.6 Å². The first kappa shape index (κ1) is 18.7. The lowest BCUT2D eigenvalue weighted by atomic mass is 10.1. The summed E-state index contributed by atoms with van der Waals surface area (Å²) in [6, 6.07) is 11.7. The number of hydrogen-bond acceptors (Lipinski definition) is 4. The number of carbonyl (C=O) groups excluding carboxylic acids is 1. The number of anilines is 1. The highest BCUT2D eigenvalue weighted by molar-refractivity contribution is 5.88. The fraction of sp³-hybridized carbons (Fsp3) is 0.0952. The quantitative estimate of drug-likeness (QED) is 0.728. The van der Waals surface area contributed by atoms with Crippen LogP contribution < -0.4 is 14.7 Å². The van der Waals surface area contributed by atoms with E-state index in [2.05, 4.69) is 4.98 Å². The summed E-state index contributed by atoms with van der Waals surface area (Å²) in [5, 5.41) is 12.1. The number of allylic oxidation sites excluding steroid dienone is 2. The number of alkyl halides is 3. The Hall–Kier alpha value is -3.68. The second-order valence-corrected chi connectivity index (χ2v) is 6.41. The number of halogens is 3. The molecule has 0 aliphatic carbocycles. The third-order valence-electron chi connectivity index (χ3n) is 4.56. The van der Waals surface area contributed by atoms with E-state index in [0.717, 1.165) is 23.0 Å². The molecule has 0 amide bonds. The van der Waals surface area contributed by atoms with Gasteiger partial charge in [-0.25, -0.2) is 0 Å². The maximum absolute atomic E-state index is 12.9. The summed E-state index contributed by atoms with van der Waals surface area (Å²) in [6.07, 6.45) is 0.115. The number of carbonyl (C=O) groups is 1. The smallest absolute Gasteiger partial charge is 0.416 e. The van der Waals surface area contributed by atoms with E-state index in [1.165, 1.54) is 29.2 Å². The van der Waals surface area contributed by atoms with Crippen molar-refractivity contribution in [2.24, 2.45) is 0 Å². The number of hydrogen-bond donors (Lipinski definition) is 1. The van der Waals surface area contributed by atoms with Crippen molar-refractivity contribution < 1.29 is 27.8 Å². The molecule has 8 heteroatoms. The van der Waals surface area contributed by atoms with Gasteiger partial charge >= 0.3 is 6.18 Å². The van der Waals surface area contributed by atoms with Crippen molar-refractivity contribution in [1.29, 1.82) is 0 Å². The van der Waals surface area contributed by atoms with Crippen LogP contribution in [0, 0.1) is 0 Å². The minimum Gasteiger partial charge on any atom is -0.545 e. The number of carboxylic acid groups (broad SMARTS) is 1. The molecule has 0 saturated carbocycles. The van der Waals surface area contributed by atoms with Gasteiger partial charge in [-0.1, -0.05) is 12.1 Å². The molecule has 1 N–H and O–H groups in total. The highest BCUT2D eigenvalue weighted by Crippen LogP contribution is 2.33. The molecule has 0 bridgehead atoms. The minimum atomic E-state index is -4.46. The van der Waals surface area contributed by atoms with Gasteiger partial charge in [0, 0.05) is 22.8 Å². The van der Waals surface area contributed by atoms with E-state index in [1.54, 1.807) is 18.3 Å². The molecule has 148 valence electrons. The molecule has 0 unspecified atom stereocenters. The van der Waals surface area contributed by atoms with Crippen LogP contribution in [0.5, 0.6) is 5.75 Å². The van der Waals surface area contributed by atoms with Crippen LogP contribution in [-0.2, 0) is 11.0 Å². The molecule has 3 aromatic rings. The summed E-state index contributed by atoms with van der Waals surface area (Å²) < 4.78 is 44.6. The molecule has 0 atom stereocenters. The number of aliphatic carboxylic acids is 1. The van der Waals surface area contributed by atoms with Gasteiger partial charge < -0.3 is 24.5 Å². The molecule has 0 spiro atoms. The van der Waals surface area contributed by atoms with Gasteiger partial charge in [0.25, 0.3) is 0 Å². The second kappa shape index (κ2) is 7.05. The van der Waals surface area contributed by atoms with Crippen LogP contribution in [0.25, 0.3) is 10.9 Å². The van der Waals surface area contributed by atoms with Crippen LogP contribution in [0.3, 0.4) is 0 Å². The van der Waals surface area contributed by atoms with Crippen molar-refractivity contribution in [1.82, 2.24) is 4.98 Å². The maximum atomic E-state index is 12.9. The Morgan fingerprint density at radius 2 is 1.83 bits per heavy atom. The van der Waals surface area contributed by atoms with E-state index in [9.17, 15) is 23.1 Å². The zero-order valence-corrected chi connectivity index (χ0v) is 14.9. The normalized spacial score (nSPS) is 14.5. The number of H-pyrrole nitrogens is 1. The summed E-state index contributed by atoms with van der Waals surface area (Å²) in [5.41, 5.74) is 0.401. The summed E-state index contributed by atoms with van der Waals surface area (Å²) in [4.78, 5) is 15.8. The molecule has 1 aliphatic rings. The lowest BCUT2D eigenvalue weighted by molar-refractivity contribution is -0.299. The third-order valence-corrected chi connectivity index (χ3v) is 4.56. The zero-order chi connectivity index (χ0) is 20.6. The Morgan fingerprint density at radius 1 is 1.07 bits per heavy atom. The van der Waals surface area contributed by atoms with Crippen LogP contribution in [0.1, 0.15) is 5.56 Å². The molecule has 0 radical (unpaired) electrons. The second-order valence-electron chi connectivity index (χ2n) is 6.41. The molecular formula is C21H14F3N2O3-. The van der Waals surface area contributed by atoms with E-state index >= 15 is 0 Å². The Kier molecular flexibility index (Phi) is 4.54. The summed E-state index contributed by atoms with van der Waals surface area (Å²) in [7, 11) is 0. The lowest BCUT2D eigenvalue weighted by Gasteiger charge is -2.31. The SMILES string of the molecule is O=C([O-])C1=CC=C(Oc2cccc3[nH]ccc23)N(c2ccc(C(F)(F)F)cc2)C1. The number of benzene rings is 2. The number of rotatable bonds is 4. The van der Waals surface area contributed by atoms with E-state index in [1.807, 2.05) is 12.1 Å². The number of aromatic amines is 1. The molecule has 0 saturated heterocycles. The first-order chi connectivity index (χ1) is 13.8. The average molecular weight is 399 g/mol. The van der Waals surface area contributed by atoms with Gasteiger partial charge in [-0.05, 0) is 54.1 Å². The van der Waals surface area contributed by atoms with Crippen LogP contribution in [0.15, 0.2) is 78.3 Å². The fourth-order valence-corrected chi connectivity index (χ4v) is 3.09. The highest BCUT2D eigenvalue weighted by atomic mass is 19.4. The Balaban J connectivity index is 1.71. The van der Waals surface area contributed by atoms with E-state index in [4.69, 9.17) is 4.74 Å². The molecule has 1 aromatic heterocycles. The van der Waals surface area contributed by atoms with Crippen LogP contribution in [0.4, 0.5) is 18.9 Å². The van der Waals surface area contributed by atoms with Gasteiger partial charge in [-0.2, -0.15) is 13.2 Å². The maximum Gasteiger partial charge on any atom is 0.416 e. The number of nitrogens with zero attached hydrogens (tertiary/aromatic N) is 1. The van der Waals surface area contributed by atoms with Gasteiger partial charge in [0.15, 0.2) is 0 Å². The van der Waals surface area contributed by atoms with E-state index < -0.39 is 17.7 Å². The molecule has 2 aromatic carbocycles. The monoisotopic (exact) mass is 399 g/mol. The van der Waals surface area contributed by atoms with Crippen LogP contribution in [-0.4, -0.2) is 17.5 Å². The fourth-order valence-electron chi connectivity index (χ4n) is 3.09. The largest absolute Gasteiger partial charge is 0.545 e. The van der Waals surface area contributed by atoms with Crippen molar-refractivity contribution in [3.05, 3.63) is 83.9 Å². The Bertz CT molecular complexity index is 1130. The lowest BCUT2D eigenvalue weighted by Crippen LogP contribution is -2.36. The van der Waals surface area contributed by atoms with E-state index in [0.29, 0.717) is 11.4 Å².